The average molecular weight is 170 g/mol. The van der Waals surface area contributed by atoms with E-state index in [1.807, 2.05) is 0 Å². The maximum absolute atomic E-state index is 5.74. The van der Waals surface area contributed by atoms with Gasteiger partial charge in [0.25, 0.3) is 0 Å². The Kier molecular flexibility index (Phi) is 3.57. The molecular formula is C11H22O. The van der Waals surface area contributed by atoms with Crippen molar-refractivity contribution in [3.05, 3.63) is 0 Å². The quantitative estimate of drug-likeness (QED) is 0.632. The van der Waals surface area contributed by atoms with Gasteiger partial charge in [-0.3, -0.25) is 0 Å². The molecule has 0 bridgehead atoms. The molecule has 0 amide bonds. The standard InChI is InChI=1S/C11H22O/c1-8(2)5-11-6-10(7-12-11)9(3)4/h8-11H,5-7H2,1-4H3/t10-,11-/m1/s1. The molecule has 1 rings (SSSR count). The van der Waals surface area contributed by atoms with Crippen LogP contribution in [0.5, 0.6) is 0 Å². The molecule has 0 radical (unpaired) electrons. The Bertz CT molecular complexity index is 129. The number of rotatable bonds is 3. The van der Waals surface area contributed by atoms with Crippen molar-refractivity contribution in [3.8, 4) is 0 Å². The molecule has 1 heteroatoms. The van der Waals surface area contributed by atoms with Crippen LogP contribution in [0.2, 0.25) is 0 Å². The zero-order chi connectivity index (χ0) is 9.14. The molecule has 0 aromatic carbocycles. The van der Waals surface area contributed by atoms with Gasteiger partial charge < -0.3 is 4.74 Å². The smallest absolute Gasteiger partial charge is 0.0581 e. The molecule has 72 valence electrons. The van der Waals surface area contributed by atoms with Crippen LogP contribution in [-0.2, 0) is 4.74 Å². The van der Waals surface area contributed by atoms with Crippen molar-refractivity contribution in [2.24, 2.45) is 17.8 Å². The van der Waals surface area contributed by atoms with Gasteiger partial charge in [0.15, 0.2) is 0 Å². The monoisotopic (exact) mass is 170 g/mol. The normalized spacial score (nSPS) is 30.5. The highest BCUT2D eigenvalue weighted by atomic mass is 16.5. The number of hydrogen-bond acceptors (Lipinski definition) is 1. The van der Waals surface area contributed by atoms with Gasteiger partial charge in [-0.25, -0.2) is 0 Å². The topological polar surface area (TPSA) is 9.23 Å². The van der Waals surface area contributed by atoms with Gasteiger partial charge in [0, 0.05) is 0 Å². The highest BCUT2D eigenvalue weighted by molar-refractivity contribution is 4.76. The van der Waals surface area contributed by atoms with Gasteiger partial charge in [0.2, 0.25) is 0 Å². The molecule has 0 spiro atoms. The largest absolute Gasteiger partial charge is 0.378 e. The van der Waals surface area contributed by atoms with E-state index in [2.05, 4.69) is 27.7 Å². The van der Waals surface area contributed by atoms with Crippen LogP contribution in [0.4, 0.5) is 0 Å². The molecule has 0 saturated carbocycles. The summed E-state index contributed by atoms with van der Waals surface area (Å²) in [4.78, 5) is 0. The van der Waals surface area contributed by atoms with E-state index >= 15 is 0 Å². The van der Waals surface area contributed by atoms with E-state index in [4.69, 9.17) is 4.74 Å². The molecule has 1 aliphatic rings. The van der Waals surface area contributed by atoms with Crippen LogP contribution in [0, 0.1) is 17.8 Å². The third-order valence-corrected chi connectivity index (χ3v) is 2.79. The summed E-state index contributed by atoms with van der Waals surface area (Å²) in [6.45, 7) is 10.1. The zero-order valence-corrected chi connectivity index (χ0v) is 8.84. The SMILES string of the molecule is CC(C)C[C@@H]1C[C@@H](C(C)C)CO1. The van der Waals surface area contributed by atoms with E-state index < -0.39 is 0 Å². The van der Waals surface area contributed by atoms with Gasteiger partial charge in [0.1, 0.15) is 0 Å². The molecular weight excluding hydrogens is 148 g/mol. The summed E-state index contributed by atoms with van der Waals surface area (Å²) in [6, 6.07) is 0. The van der Waals surface area contributed by atoms with Crippen LogP contribution in [-0.4, -0.2) is 12.7 Å². The fourth-order valence-electron chi connectivity index (χ4n) is 1.89. The molecule has 0 aliphatic carbocycles. The number of hydrogen-bond donors (Lipinski definition) is 0. The van der Waals surface area contributed by atoms with Crippen LogP contribution >= 0.6 is 0 Å². The summed E-state index contributed by atoms with van der Waals surface area (Å²) < 4.78 is 5.74. The number of ether oxygens (including phenoxy) is 1. The Balaban J connectivity index is 2.26. The van der Waals surface area contributed by atoms with Crippen LogP contribution in [0.25, 0.3) is 0 Å². The predicted molar refractivity (Wildman–Crippen MR) is 52.1 cm³/mol. The Labute approximate surface area is 76.5 Å². The van der Waals surface area contributed by atoms with Crippen molar-refractivity contribution < 1.29 is 4.74 Å². The van der Waals surface area contributed by atoms with E-state index in [0.29, 0.717) is 6.10 Å². The third kappa shape index (κ3) is 2.78. The summed E-state index contributed by atoms with van der Waals surface area (Å²) in [5.74, 6) is 2.39. The average Bonchev–Trinajstić information content (AvgIpc) is 2.34. The lowest BCUT2D eigenvalue weighted by Crippen LogP contribution is -2.10. The van der Waals surface area contributed by atoms with Crippen molar-refractivity contribution >= 4 is 0 Å². The van der Waals surface area contributed by atoms with Gasteiger partial charge in [-0.2, -0.15) is 0 Å². The van der Waals surface area contributed by atoms with Crippen molar-refractivity contribution in [1.29, 1.82) is 0 Å². The van der Waals surface area contributed by atoms with E-state index in [9.17, 15) is 0 Å². The first kappa shape index (κ1) is 10.0. The maximum atomic E-state index is 5.74. The van der Waals surface area contributed by atoms with Crippen LogP contribution < -0.4 is 0 Å². The Morgan fingerprint density at radius 3 is 2.33 bits per heavy atom. The maximum Gasteiger partial charge on any atom is 0.0581 e. The van der Waals surface area contributed by atoms with Gasteiger partial charge in [0.05, 0.1) is 12.7 Å². The molecule has 0 unspecified atom stereocenters. The second kappa shape index (κ2) is 4.27. The summed E-state index contributed by atoms with van der Waals surface area (Å²) in [5, 5.41) is 0. The van der Waals surface area contributed by atoms with Crippen molar-refractivity contribution in [2.45, 2.75) is 46.6 Å². The zero-order valence-electron chi connectivity index (χ0n) is 8.84. The van der Waals surface area contributed by atoms with Crippen molar-refractivity contribution in [1.82, 2.24) is 0 Å². The minimum absolute atomic E-state index is 0.553. The fraction of sp³-hybridized carbons (Fsp3) is 1.00. The summed E-state index contributed by atoms with van der Waals surface area (Å²) in [7, 11) is 0. The molecule has 2 atom stereocenters. The highest BCUT2D eigenvalue weighted by Gasteiger charge is 2.27. The van der Waals surface area contributed by atoms with Crippen LogP contribution in [0.1, 0.15) is 40.5 Å². The first-order chi connectivity index (χ1) is 5.59. The van der Waals surface area contributed by atoms with E-state index in [0.717, 1.165) is 24.4 Å². The molecule has 1 heterocycles. The van der Waals surface area contributed by atoms with E-state index in [1.54, 1.807) is 0 Å². The Hall–Kier alpha value is -0.0400. The molecule has 12 heavy (non-hydrogen) atoms. The summed E-state index contributed by atoms with van der Waals surface area (Å²) in [5.41, 5.74) is 0. The molecule has 1 nitrogen and oxygen atoms in total. The Morgan fingerprint density at radius 2 is 1.92 bits per heavy atom. The second-order valence-electron chi connectivity index (χ2n) is 4.82. The van der Waals surface area contributed by atoms with E-state index in [1.165, 1.54) is 12.8 Å². The van der Waals surface area contributed by atoms with Crippen molar-refractivity contribution in [3.63, 3.8) is 0 Å². The Morgan fingerprint density at radius 1 is 1.25 bits per heavy atom. The van der Waals surface area contributed by atoms with Gasteiger partial charge in [-0.15, -0.1) is 0 Å². The lowest BCUT2D eigenvalue weighted by atomic mass is 9.91. The summed E-state index contributed by atoms with van der Waals surface area (Å²) >= 11 is 0. The van der Waals surface area contributed by atoms with Gasteiger partial charge in [-0.05, 0) is 30.6 Å². The second-order valence-corrected chi connectivity index (χ2v) is 4.82. The van der Waals surface area contributed by atoms with Crippen LogP contribution in [0.15, 0.2) is 0 Å². The lowest BCUT2D eigenvalue weighted by Gasteiger charge is -2.13. The lowest BCUT2D eigenvalue weighted by molar-refractivity contribution is 0.0884. The minimum atomic E-state index is 0.553. The highest BCUT2D eigenvalue weighted by Crippen LogP contribution is 2.29. The first-order valence-electron chi connectivity index (χ1n) is 5.21. The van der Waals surface area contributed by atoms with E-state index in [-0.39, 0.29) is 0 Å². The molecule has 1 aliphatic heterocycles. The molecule has 1 fully saturated rings. The van der Waals surface area contributed by atoms with Gasteiger partial charge >= 0.3 is 0 Å². The third-order valence-electron chi connectivity index (χ3n) is 2.79. The van der Waals surface area contributed by atoms with Crippen LogP contribution in [0.3, 0.4) is 0 Å². The predicted octanol–water partition coefficient (Wildman–Crippen LogP) is 3.09. The molecule has 1 saturated heterocycles. The molecule has 0 N–H and O–H groups in total. The van der Waals surface area contributed by atoms with Gasteiger partial charge in [-0.1, -0.05) is 27.7 Å². The minimum Gasteiger partial charge on any atom is -0.378 e. The van der Waals surface area contributed by atoms with Crippen molar-refractivity contribution in [2.75, 3.05) is 6.61 Å². The molecule has 0 aromatic heterocycles. The summed E-state index contributed by atoms with van der Waals surface area (Å²) in [6.07, 6.45) is 3.08. The fourth-order valence-corrected chi connectivity index (χ4v) is 1.89. The first-order valence-corrected chi connectivity index (χ1v) is 5.21. The molecule has 0 aromatic rings.